The summed E-state index contributed by atoms with van der Waals surface area (Å²) in [6, 6.07) is 26.8. The predicted octanol–water partition coefficient (Wildman–Crippen LogP) is 5.77. The van der Waals surface area contributed by atoms with Gasteiger partial charge in [-0.15, -0.1) is 0 Å². The van der Waals surface area contributed by atoms with Crippen molar-refractivity contribution in [1.29, 1.82) is 0 Å². The van der Waals surface area contributed by atoms with Gasteiger partial charge in [0, 0.05) is 25.6 Å². The lowest BCUT2D eigenvalue weighted by Crippen LogP contribution is -2.53. The lowest BCUT2D eigenvalue weighted by Gasteiger charge is -2.34. The first kappa shape index (κ1) is 36.8. The maximum absolute atomic E-state index is 14.7. The average Bonchev–Trinajstić information content (AvgIpc) is 3.12. The Kier molecular flexibility index (Phi) is 13.1. The molecule has 49 heavy (non-hydrogen) atoms. The molecule has 11 heteroatoms. The van der Waals surface area contributed by atoms with Gasteiger partial charge in [-0.25, -0.2) is 8.42 Å². The summed E-state index contributed by atoms with van der Waals surface area (Å²) in [4.78, 5) is 30.1. The number of anilines is 1. The minimum absolute atomic E-state index is 0.0122. The Bertz CT molecular complexity index is 1800. The van der Waals surface area contributed by atoms with Gasteiger partial charge in [-0.05, 0) is 60.9 Å². The number of sulfonamides is 1. The van der Waals surface area contributed by atoms with Crippen LogP contribution in [0.4, 0.5) is 5.69 Å². The maximum Gasteiger partial charge on any atom is 0.264 e. The molecule has 10 nitrogen and oxygen atoms in total. The Morgan fingerprint density at radius 1 is 0.796 bits per heavy atom. The van der Waals surface area contributed by atoms with Gasteiger partial charge >= 0.3 is 0 Å². The summed E-state index contributed by atoms with van der Waals surface area (Å²) in [6.07, 6.45) is 1.87. The predicted molar refractivity (Wildman–Crippen MR) is 191 cm³/mol. The van der Waals surface area contributed by atoms with Crippen LogP contribution in [0.3, 0.4) is 0 Å². The third kappa shape index (κ3) is 9.54. The fourth-order valence-electron chi connectivity index (χ4n) is 5.37. The lowest BCUT2D eigenvalue weighted by atomic mass is 10.0. The number of ether oxygens (including phenoxy) is 3. The normalized spacial score (nSPS) is 11.7. The SMILES string of the molecule is CCCCNC(=O)[C@@H](Cc1ccccc1)N(Cc1cccc(OC)c1)C(=O)CN(c1ccc(OC)c(OC)c1)S(=O)(=O)c1ccc(C)cc1. The van der Waals surface area contributed by atoms with E-state index in [-0.39, 0.29) is 29.5 Å². The van der Waals surface area contributed by atoms with E-state index in [1.807, 2.05) is 56.3 Å². The molecule has 260 valence electrons. The number of aryl methyl sites for hydroxylation is 1. The Hall–Kier alpha value is -5.03. The van der Waals surface area contributed by atoms with Crippen molar-refractivity contribution >= 4 is 27.5 Å². The minimum atomic E-state index is -4.28. The highest BCUT2D eigenvalue weighted by atomic mass is 32.2. The molecule has 4 aromatic carbocycles. The molecular weight excluding hydrogens is 642 g/mol. The van der Waals surface area contributed by atoms with Crippen LogP contribution in [0.25, 0.3) is 0 Å². The van der Waals surface area contributed by atoms with Gasteiger partial charge in [-0.1, -0.05) is 73.5 Å². The topological polar surface area (TPSA) is 114 Å². The first-order chi connectivity index (χ1) is 23.6. The monoisotopic (exact) mass is 687 g/mol. The van der Waals surface area contributed by atoms with Gasteiger partial charge in [0.05, 0.1) is 31.9 Å². The molecule has 0 aromatic heterocycles. The smallest absolute Gasteiger partial charge is 0.264 e. The van der Waals surface area contributed by atoms with Crippen LogP contribution in [0.1, 0.15) is 36.5 Å². The molecule has 0 saturated heterocycles. The molecule has 4 aromatic rings. The Labute approximate surface area is 289 Å². The second-order valence-electron chi connectivity index (χ2n) is 11.6. The molecule has 0 aliphatic heterocycles. The van der Waals surface area contributed by atoms with Gasteiger partial charge in [0.15, 0.2) is 11.5 Å². The van der Waals surface area contributed by atoms with E-state index in [1.54, 1.807) is 43.5 Å². The molecule has 0 aliphatic carbocycles. The standard InChI is InChI=1S/C38H45N3O7S/c1-6-7-22-39-38(43)34(24-29-12-9-8-10-13-29)40(26-30-14-11-15-32(23-30)46-3)37(42)27-41(31-18-21-35(47-4)36(25-31)48-5)49(44,45)33-19-16-28(2)17-20-33/h8-21,23,25,34H,6-7,22,24,26-27H2,1-5H3,(H,39,43)/t34-/m1/s1. The third-order valence-corrected chi connectivity index (χ3v) is 9.92. The Morgan fingerprint density at radius 3 is 2.14 bits per heavy atom. The quantitative estimate of drug-likeness (QED) is 0.140. The molecule has 0 unspecified atom stereocenters. The van der Waals surface area contributed by atoms with Crippen LogP contribution in [0, 0.1) is 6.92 Å². The number of hydrogen-bond acceptors (Lipinski definition) is 7. The molecule has 0 bridgehead atoms. The molecule has 1 atom stereocenters. The number of carbonyl (C=O) groups excluding carboxylic acids is 2. The molecule has 0 spiro atoms. The summed E-state index contributed by atoms with van der Waals surface area (Å²) >= 11 is 0. The van der Waals surface area contributed by atoms with Gasteiger partial charge in [-0.2, -0.15) is 0 Å². The zero-order valence-corrected chi connectivity index (χ0v) is 29.5. The van der Waals surface area contributed by atoms with Crippen LogP contribution in [0.5, 0.6) is 17.2 Å². The first-order valence-corrected chi connectivity index (χ1v) is 17.6. The van der Waals surface area contributed by atoms with E-state index in [9.17, 15) is 18.0 Å². The highest BCUT2D eigenvalue weighted by molar-refractivity contribution is 7.92. The van der Waals surface area contributed by atoms with Crippen molar-refractivity contribution < 1.29 is 32.2 Å². The van der Waals surface area contributed by atoms with E-state index in [2.05, 4.69) is 5.32 Å². The van der Waals surface area contributed by atoms with E-state index in [0.717, 1.165) is 28.3 Å². The summed E-state index contributed by atoms with van der Waals surface area (Å²) in [5, 5.41) is 3.00. The average molecular weight is 688 g/mol. The van der Waals surface area contributed by atoms with Crippen LogP contribution >= 0.6 is 0 Å². The largest absolute Gasteiger partial charge is 0.497 e. The second-order valence-corrected chi connectivity index (χ2v) is 13.4. The molecular formula is C38H45N3O7S. The van der Waals surface area contributed by atoms with Crippen LogP contribution in [0.2, 0.25) is 0 Å². The number of hydrogen-bond donors (Lipinski definition) is 1. The van der Waals surface area contributed by atoms with E-state index in [0.29, 0.717) is 29.4 Å². The number of unbranched alkanes of at least 4 members (excludes halogenated alkanes) is 1. The molecule has 0 aliphatic rings. The molecule has 0 radical (unpaired) electrons. The van der Waals surface area contributed by atoms with Gasteiger partial charge in [0.25, 0.3) is 10.0 Å². The maximum atomic E-state index is 14.7. The van der Waals surface area contributed by atoms with Gasteiger partial charge < -0.3 is 24.4 Å². The van der Waals surface area contributed by atoms with Crippen LogP contribution in [-0.2, 0) is 32.6 Å². The molecule has 4 rings (SSSR count). The highest BCUT2D eigenvalue weighted by Gasteiger charge is 2.35. The third-order valence-electron chi connectivity index (χ3n) is 8.13. The van der Waals surface area contributed by atoms with Crippen molar-refractivity contribution in [2.75, 3.05) is 38.7 Å². The molecule has 2 amide bonds. The van der Waals surface area contributed by atoms with Crippen molar-refractivity contribution in [2.45, 2.75) is 50.6 Å². The molecule has 0 heterocycles. The molecule has 0 fully saturated rings. The number of nitrogens with one attached hydrogen (secondary N) is 1. The molecule has 1 N–H and O–H groups in total. The summed E-state index contributed by atoms with van der Waals surface area (Å²) in [6.45, 7) is 3.77. The van der Waals surface area contributed by atoms with Crippen LogP contribution in [-0.4, -0.2) is 65.6 Å². The number of amides is 2. The first-order valence-electron chi connectivity index (χ1n) is 16.2. The number of methoxy groups -OCH3 is 3. The van der Waals surface area contributed by atoms with E-state index in [4.69, 9.17) is 14.2 Å². The van der Waals surface area contributed by atoms with Gasteiger partial charge in [0.2, 0.25) is 11.8 Å². The van der Waals surface area contributed by atoms with Crippen molar-refractivity contribution in [3.63, 3.8) is 0 Å². The Balaban J connectivity index is 1.84. The fraction of sp³-hybridized carbons (Fsp3) is 0.316. The number of nitrogens with zero attached hydrogens (tertiary/aromatic N) is 2. The number of benzene rings is 4. The highest BCUT2D eigenvalue weighted by Crippen LogP contribution is 2.34. The van der Waals surface area contributed by atoms with Crippen molar-refractivity contribution in [3.05, 3.63) is 114 Å². The molecule has 0 saturated carbocycles. The summed E-state index contributed by atoms with van der Waals surface area (Å²) in [5.41, 5.74) is 2.65. The van der Waals surface area contributed by atoms with Crippen LogP contribution < -0.4 is 23.8 Å². The number of carbonyl (C=O) groups is 2. The Morgan fingerprint density at radius 2 is 1.49 bits per heavy atom. The summed E-state index contributed by atoms with van der Waals surface area (Å²) in [5.74, 6) is 0.386. The van der Waals surface area contributed by atoms with Gasteiger partial charge in [0.1, 0.15) is 18.3 Å². The van der Waals surface area contributed by atoms with Crippen LogP contribution in [0.15, 0.2) is 102 Å². The number of rotatable bonds is 17. The zero-order valence-electron chi connectivity index (χ0n) is 28.7. The minimum Gasteiger partial charge on any atom is -0.497 e. The summed E-state index contributed by atoms with van der Waals surface area (Å²) < 4.78 is 46.1. The zero-order chi connectivity index (χ0) is 35.4. The summed E-state index contributed by atoms with van der Waals surface area (Å²) in [7, 11) is 0.207. The lowest BCUT2D eigenvalue weighted by molar-refractivity contribution is -0.140. The van der Waals surface area contributed by atoms with Crippen molar-refractivity contribution in [2.24, 2.45) is 0 Å². The van der Waals surface area contributed by atoms with E-state index >= 15 is 0 Å². The van der Waals surface area contributed by atoms with E-state index in [1.165, 1.54) is 37.3 Å². The van der Waals surface area contributed by atoms with E-state index < -0.39 is 28.5 Å². The van der Waals surface area contributed by atoms with Gasteiger partial charge in [-0.3, -0.25) is 13.9 Å². The van der Waals surface area contributed by atoms with Crippen molar-refractivity contribution in [3.8, 4) is 17.2 Å². The second kappa shape index (κ2) is 17.4. The van der Waals surface area contributed by atoms with Crippen molar-refractivity contribution in [1.82, 2.24) is 10.2 Å². The fourth-order valence-corrected chi connectivity index (χ4v) is 6.78.